The quantitative estimate of drug-likeness (QED) is 0.386. The second-order valence-electron chi connectivity index (χ2n) is 6.29. The largest absolute Gasteiger partial charge is 0.503 e. The van der Waals surface area contributed by atoms with Crippen LogP contribution >= 0.6 is 23.2 Å². The molecule has 4 atom stereocenters. The Balaban J connectivity index is 1.64. The van der Waals surface area contributed by atoms with Crippen LogP contribution in [-0.2, 0) is 11.3 Å². The fraction of sp³-hybridized carbons (Fsp3) is 0.438. The number of methoxy groups -OCH3 is 1. The third kappa shape index (κ3) is 4.25. The number of aromatic nitrogens is 3. The maximum atomic E-state index is 11.1. The van der Waals surface area contributed by atoms with Crippen molar-refractivity contribution in [2.45, 2.75) is 31.1 Å². The summed E-state index contributed by atoms with van der Waals surface area (Å²) in [7, 11) is 1.38. The van der Waals surface area contributed by atoms with E-state index in [0.717, 1.165) is 4.68 Å². The summed E-state index contributed by atoms with van der Waals surface area (Å²) in [6.07, 6.45) is -3.21. The van der Waals surface area contributed by atoms with Crippen molar-refractivity contribution in [3.05, 3.63) is 33.8 Å². The topological polar surface area (TPSA) is 165 Å². The number of hydrogen-bond acceptors (Lipinski definition) is 9. The van der Waals surface area contributed by atoms with Crippen molar-refractivity contribution < 1.29 is 29.6 Å². The van der Waals surface area contributed by atoms with Crippen LogP contribution in [0.3, 0.4) is 0 Å². The first-order chi connectivity index (χ1) is 13.7. The van der Waals surface area contributed by atoms with Crippen molar-refractivity contribution in [3.8, 4) is 11.5 Å². The van der Waals surface area contributed by atoms with Gasteiger partial charge in [-0.3, -0.25) is 4.79 Å². The number of phenols is 1. The second kappa shape index (κ2) is 8.69. The van der Waals surface area contributed by atoms with E-state index >= 15 is 0 Å². The Morgan fingerprint density at radius 1 is 1.41 bits per heavy atom. The Kier molecular flexibility index (Phi) is 6.46. The molecular weight excluding hydrogens is 429 g/mol. The number of nitrogens with two attached hydrogens (primary N) is 1. The van der Waals surface area contributed by atoms with Gasteiger partial charge in [0, 0.05) is 24.7 Å². The van der Waals surface area contributed by atoms with Crippen molar-refractivity contribution in [1.82, 2.24) is 20.1 Å². The van der Waals surface area contributed by atoms with Gasteiger partial charge in [-0.2, -0.15) is 0 Å². The molecular formula is C16H19Cl2N5O6. The number of aromatic hydroxyl groups is 1. The summed E-state index contributed by atoms with van der Waals surface area (Å²) in [6, 6.07) is 1.43. The number of halogens is 2. The molecule has 1 fully saturated rings. The molecule has 29 heavy (non-hydrogen) atoms. The van der Waals surface area contributed by atoms with Crippen LogP contribution in [0.2, 0.25) is 10.0 Å². The Bertz CT molecular complexity index is 910. The molecule has 1 saturated heterocycles. The molecule has 0 radical (unpaired) electrons. The average molecular weight is 448 g/mol. The highest BCUT2D eigenvalue weighted by molar-refractivity contribution is 6.37. The zero-order chi connectivity index (χ0) is 21.3. The van der Waals surface area contributed by atoms with E-state index in [9.17, 15) is 20.1 Å². The standard InChI is InChI=1S/C16H19Cl2N5O6/c1-28-8-2-7(17)6(10(18)11(8)24)3-20-4-9-12(25)13(26)16(29-9)23-5-21-15(22-23)14(19)27/h2,5,9,12-13,16,20,24-26H,3-4H2,1H3,(H2,19,27)/t9-,12-,13-,16-/m1/s1. The Hall–Kier alpha value is -2.15. The number of ether oxygens (including phenoxy) is 2. The molecule has 1 aromatic heterocycles. The van der Waals surface area contributed by atoms with Gasteiger partial charge in [-0.05, 0) is 0 Å². The molecule has 1 aliphatic rings. The van der Waals surface area contributed by atoms with E-state index < -0.39 is 30.4 Å². The predicted molar refractivity (Wildman–Crippen MR) is 101 cm³/mol. The van der Waals surface area contributed by atoms with E-state index in [2.05, 4.69) is 15.4 Å². The first-order valence-electron chi connectivity index (χ1n) is 8.41. The average Bonchev–Trinajstić information content (AvgIpc) is 3.28. The highest BCUT2D eigenvalue weighted by Crippen LogP contribution is 2.40. The number of nitrogens with zero attached hydrogens (tertiary/aromatic N) is 3. The molecule has 3 rings (SSSR count). The number of aliphatic hydroxyl groups excluding tert-OH is 2. The molecule has 1 amide bonds. The third-order valence-corrected chi connectivity index (χ3v) is 5.19. The molecule has 2 aromatic rings. The molecule has 1 aliphatic heterocycles. The SMILES string of the molecule is COc1cc(Cl)c(CNC[C@H]2O[C@@H](n3cnc(C(N)=O)n3)[C@H](O)[C@@H]2O)c(Cl)c1O. The van der Waals surface area contributed by atoms with Crippen molar-refractivity contribution in [2.75, 3.05) is 13.7 Å². The maximum absolute atomic E-state index is 11.1. The highest BCUT2D eigenvalue weighted by atomic mass is 35.5. The van der Waals surface area contributed by atoms with Crippen molar-refractivity contribution in [2.24, 2.45) is 5.73 Å². The third-order valence-electron chi connectivity index (χ3n) is 4.45. The summed E-state index contributed by atoms with van der Waals surface area (Å²) in [5, 5.41) is 37.6. The lowest BCUT2D eigenvalue weighted by atomic mass is 10.1. The molecule has 1 aromatic carbocycles. The number of amides is 1. The van der Waals surface area contributed by atoms with E-state index in [0.29, 0.717) is 5.56 Å². The number of primary amides is 1. The molecule has 11 nitrogen and oxygen atoms in total. The van der Waals surface area contributed by atoms with Gasteiger partial charge in [0.2, 0.25) is 5.82 Å². The number of nitrogens with one attached hydrogen (secondary N) is 1. The van der Waals surface area contributed by atoms with Crippen LogP contribution in [0.4, 0.5) is 0 Å². The van der Waals surface area contributed by atoms with E-state index in [-0.39, 0.29) is 40.5 Å². The van der Waals surface area contributed by atoms with E-state index in [1.807, 2.05) is 0 Å². The van der Waals surface area contributed by atoms with Crippen molar-refractivity contribution >= 4 is 29.1 Å². The minimum absolute atomic E-state index is 0.0363. The first-order valence-corrected chi connectivity index (χ1v) is 9.17. The van der Waals surface area contributed by atoms with Crippen LogP contribution in [0.5, 0.6) is 11.5 Å². The lowest BCUT2D eigenvalue weighted by molar-refractivity contribution is -0.0439. The molecule has 0 spiro atoms. The van der Waals surface area contributed by atoms with E-state index in [1.165, 1.54) is 19.5 Å². The van der Waals surface area contributed by atoms with Gasteiger partial charge in [0.1, 0.15) is 24.6 Å². The molecule has 0 unspecified atom stereocenters. The number of phenolic OH excluding ortho intramolecular Hbond substituents is 1. The summed E-state index contributed by atoms with van der Waals surface area (Å²) >= 11 is 12.3. The summed E-state index contributed by atoms with van der Waals surface area (Å²) in [5.41, 5.74) is 5.53. The van der Waals surface area contributed by atoms with Crippen LogP contribution in [0.25, 0.3) is 0 Å². The minimum Gasteiger partial charge on any atom is -0.503 e. The van der Waals surface area contributed by atoms with Gasteiger partial charge in [0.05, 0.1) is 17.2 Å². The van der Waals surface area contributed by atoms with Gasteiger partial charge >= 0.3 is 0 Å². The van der Waals surface area contributed by atoms with Crippen LogP contribution in [0.15, 0.2) is 12.4 Å². The lowest BCUT2D eigenvalue weighted by Gasteiger charge is -2.17. The summed E-state index contributed by atoms with van der Waals surface area (Å²) < 4.78 is 11.7. The second-order valence-corrected chi connectivity index (χ2v) is 7.08. The van der Waals surface area contributed by atoms with Crippen LogP contribution in [-0.4, -0.2) is 68.0 Å². The molecule has 2 heterocycles. The lowest BCUT2D eigenvalue weighted by Crippen LogP contribution is -2.37. The van der Waals surface area contributed by atoms with Gasteiger partial charge in [0.25, 0.3) is 5.91 Å². The predicted octanol–water partition coefficient (Wildman–Crippen LogP) is -0.193. The van der Waals surface area contributed by atoms with Gasteiger partial charge in [-0.15, -0.1) is 5.10 Å². The van der Waals surface area contributed by atoms with E-state index in [4.69, 9.17) is 38.4 Å². The smallest absolute Gasteiger partial charge is 0.288 e. The Labute approximate surface area is 174 Å². The molecule has 13 heteroatoms. The number of rotatable bonds is 7. The Morgan fingerprint density at radius 2 is 2.14 bits per heavy atom. The normalized spacial score (nSPS) is 24.0. The minimum atomic E-state index is -1.30. The molecule has 0 aliphatic carbocycles. The molecule has 6 N–H and O–H groups in total. The van der Waals surface area contributed by atoms with Crippen LogP contribution in [0, 0.1) is 0 Å². The molecule has 0 saturated carbocycles. The maximum Gasteiger partial charge on any atom is 0.288 e. The number of hydrogen-bond donors (Lipinski definition) is 5. The van der Waals surface area contributed by atoms with E-state index in [1.54, 1.807) is 0 Å². The number of benzene rings is 1. The fourth-order valence-corrected chi connectivity index (χ4v) is 3.48. The first kappa shape index (κ1) is 21.6. The zero-order valence-electron chi connectivity index (χ0n) is 15.1. The molecule has 0 bridgehead atoms. The number of carbonyl (C=O) groups is 1. The highest BCUT2D eigenvalue weighted by Gasteiger charge is 2.44. The zero-order valence-corrected chi connectivity index (χ0v) is 16.6. The Morgan fingerprint density at radius 3 is 2.76 bits per heavy atom. The van der Waals surface area contributed by atoms with Crippen LogP contribution < -0.4 is 15.8 Å². The van der Waals surface area contributed by atoms with Gasteiger partial charge in [-0.25, -0.2) is 9.67 Å². The monoisotopic (exact) mass is 447 g/mol. The fourth-order valence-electron chi connectivity index (χ4n) is 2.91. The van der Waals surface area contributed by atoms with Gasteiger partial charge < -0.3 is 35.8 Å². The van der Waals surface area contributed by atoms with Crippen LogP contribution in [0.1, 0.15) is 22.4 Å². The van der Waals surface area contributed by atoms with Gasteiger partial charge in [-0.1, -0.05) is 23.2 Å². The number of aliphatic hydroxyl groups is 2. The summed E-state index contributed by atoms with van der Waals surface area (Å²) in [4.78, 5) is 14.8. The van der Waals surface area contributed by atoms with Crippen molar-refractivity contribution in [1.29, 1.82) is 0 Å². The summed E-state index contributed by atoms with van der Waals surface area (Å²) in [5.74, 6) is -1.15. The molecule has 158 valence electrons. The van der Waals surface area contributed by atoms with Crippen molar-refractivity contribution in [3.63, 3.8) is 0 Å². The van der Waals surface area contributed by atoms with Gasteiger partial charge in [0.15, 0.2) is 17.7 Å². The number of carbonyl (C=O) groups excluding carboxylic acids is 1. The summed E-state index contributed by atoms with van der Waals surface area (Å²) in [6.45, 7) is 0.267.